The summed E-state index contributed by atoms with van der Waals surface area (Å²) in [6.45, 7) is 2.13. The molecule has 0 aromatic heterocycles. The van der Waals surface area contributed by atoms with Gasteiger partial charge in [-0.05, 0) is 67.2 Å². The van der Waals surface area contributed by atoms with Crippen molar-refractivity contribution in [3.05, 3.63) is 52.0 Å². The maximum absolute atomic E-state index is 13.1. The second-order valence-electron chi connectivity index (χ2n) is 5.93. The van der Waals surface area contributed by atoms with Gasteiger partial charge in [0.25, 0.3) is 11.8 Å². The van der Waals surface area contributed by atoms with Crippen LogP contribution in [0.15, 0.2) is 46.4 Å². The van der Waals surface area contributed by atoms with Crippen LogP contribution >= 0.6 is 28.1 Å². The lowest BCUT2D eigenvalue weighted by atomic mass is 10.1. The fourth-order valence-electron chi connectivity index (χ4n) is 2.72. The number of anilines is 1. The number of hydrogen-bond donors (Lipinski definition) is 2. The van der Waals surface area contributed by atoms with Crippen LogP contribution in [0.4, 0.5) is 5.69 Å². The zero-order valence-electron chi connectivity index (χ0n) is 15.6. The van der Waals surface area contributed by atoms with E-state index in [1.54, 1.807) is 44.4 Å². The van der Waals surface area contributed by atoms with E-state index in [9.17, 15) is 14.7 Å². The van der Waals surface area contributed by atoms with Crippen molar-refractivity contribution in [3.63, 3.8) is 0 Å². The van der Waals surface area contributed by atoms with Crippen molar-refractivity contribution in [2.45, 2.75) is 6.92 Å². The van der Waals surface area contributed by atoms with Gasteiger partial charge in [0.2, 0.25) is 0 Å². The van der Waals surface area contributed by atoms with Crippen molar-refractivity contribution in [1.29, 1.82) is 0 Å². The summed E-state index contributed by atoms with van der Waals surface area (Å²) in [5.41, 5.74) is 0.877. The summed E-state index contributed by atoms with van der Waals surface area (Å²) in [7, 11) is 1.54. The van der Waals surface area contributed by atoms with Crippen LogP contribution in [0.5, 0.6) is 17.2 Å². The molecule has 3 rings (SSSR count). The average molecular weight is 477 g/mol. The van der Waals surface area contributed by atoms with Crippen LogP contribution in [0.1, 0.15) is 12.5 Å². The van der Waals surface area contributed by atoms with E-state index in [2.05, 4.69) is 21.2 Å². The van der Waals surface area contributed by atoms with Gasteiger partial charge in [0, 0.05) is 4.47 Å². The molecule has 0 atom stereocenters. The average Bonchev–Trinajstić information content (AvgIpc) is 2.68. The second-order valence-corrected chi connectivity index (χ2v) is 7.17. The van der Waals surface area contributed by atoms with Crippen LogP contribution in [0.25, 0.3) is 6.08 Å². The van der Waals surface area contributed by atoms with Crippen LogP contribution in [-0.4, -0.2) is 35.8 Å². The Morgan fingerprint density at radius 3 is 2.55 bits per heavy atom. The topological polar surface area (TPSA) is 88.1 Å². The molecule has 0 aliphatic carbocycles. The van der Waals surface area contributed by atoms with E-state index in [0.717, 1.165) is 0 Å². The molecular formula is C20H17BrN2O5S. The monoisotopic (exact) mass is 476 g/mol. The molecule has 2 amide bonds. The fourth-order valence-corrected chi connectivity index (χ4v) is 3.45. The first-order valence-corrected chi connectivity index (χ1v) is 9.76. The van der Waals surface area contributed by atoms with Gasteiger partial charge in [-0.3, -0.25) is 19.8 Å². The zero-order valence-corrected chi connectivity index (χ0v) is 18.0. The number of carbonyl (C=O) groups is 2. The zero-order chi connectivity index (χ0) is 21.1. The van der Waals surface area contributed by atoms with Gasteiger partial charge in [-0.25, -0.2) is 0 Å². The van der Waals surface area contributed by atoms with Crippen LogP contribution in [0.3, 0.4) is 0 Å². The third-order valence-corrected chi connectivity index (χ3v) is 5.08. The van der Waals surface area contributed by atoms with Crippen LogP contribution in [-0.2, 0) is 9.59 Å². The maximum atomic E-state index is 13.1. The molecule has 0 unspecified atom stereocenters. The number of halogens is 1. The third-order valence-electron chi connectivity index (χ3n) is 4.11. The Labute approximate surface area is 181 Å². The minimum Gasteiger partial charge on any atom is -0.504 e. The van der Waals surface area contributed by atoms with Gasteiger partial charge in [0.05, 0.1) is 19.4 Å². The highest BCUT2D eigenvalue weighted by molar-refractivity contribution is 9.10. The lowest BCUT2D eigenvalue weighted by molar-refractivity contribution is -0.122. The van der Waals surface area contributed by atoms with Crippen molar-refractivity contribution in [1.82, 2.24) is 5.32 Å². The molecule has 1 heterocycles. The summed E-state index contributed by atoms with van der Waals surface area (Å²) >= 11 is 8.52. The van der Waals surface area contributed by atoms with E-state index in [0.29, 0.717) is 28.1 Å². The van der Waals surface area contributed by atoms with E-state index in [1.165, 1.54) is 17.0 Å². The number of phenols is 1. The number of phenolic OH excluding ortho intramolecular Hbond substituents is 1. The summed E-state index contributed by atoms with van der Waals surface area (Å²) in [5, 5.41) is 12.5. The molecule has 0 radical (unpaired) electrons. The Morgan fingerprint density at radius 1 is 1.24 bits per heavy atom. The number of amides is 2. The molecule has 1 aliphatic heterocycles. The summed E-state index contributed by atoms with van der Waals surface area (Å²) in [6, 6.07) is 9.70. The van der Waals surface area contributed by atoms with Gasteiger partial charge in [-0.1, -0.05) is 15.9 Å². The predicted molar refractivity (Wildman–Crippen MR) is 116 cm³/mol. The lowest BCUT2D eigenvalue weighted by Gasteiger charge is -2.29. The number of ether oxygens (including phenoxy) is 2. The molecular weight excluding hydrogens is 460 g/mol. The van der Waals surface area contributed by atoms with E-state index < -0.39 is 11.8 Å². The molecule has 2 N–H and O–H groups in total. The van der Waals surface area contributed by atoms with E-state index in [4.69, 9.17) is 21.7 Å². The number of thiocarbonyl (C=S) groups is 1. The Balaban J connectivity index is 2.02. The van der Waals surface area contributed by atoms with Crippen LogP contribution in [0, 0.1) is 0 Å². The number of rotatable bonds is 5. The highest BCUT2D eigenvalue weighted by Gasteiger charge is 2.34. The molecule has 1 fully saturated rings. The molecule has 150 valence electrons. The van der Waals surface area contributed by atoms with Crippen molar-refractivity contribution >= 4 is 56.8 Å². The number of benzene rings is 2. The summed E-state index contributed by atoms with van der Waals surface area (Å²) in [6.07, 6.45) is 1.42. The standard InChI is InChI=1S/C20H17BrN2O5S/c1-3-28-17-9-11(15(21)10-16(17)24)8-14-18(25)22-20(29)23(19(14)26)12-4-6-13(27-2)7-5-12/h4-10,24H,3H2,1-2H3,(H,22,25,29). The van der Waals surface area contributed by atoms with Gasteiger partial charge in [0.15, 0.2) is 16.6 Å². The first-order valence-electron chi connectivity index (χ1n) is 8.56. The first-order chi connectivity index (χ1) is 13.8. The van der Waals surface area contributed by atoms with E-state index in [-0.39, 0.29) is 22.2 Å². The molecule has 9 heteroatoms. The Kier molecular flexibility index (Phi) is 6.19. The fraction of sp³-hybridized carbons (Fsp3) is 0.150. The molecule has 0 saturated carbocycles. The van der Waals surface area contributed by atoms with Gasteiger partial charge < -0.3 is 14.6 Å². The SMILES string of the molecule is CCOc1cc(C=C2C(=O)NC(=S)N(c3ccc(OC)cc3)C2=O)c(Br)cc1O. The van der Waals surface area contributed by atoms with Crippen molar-refractivity contribution in [2.75, 3.05) is 18.6 Å². The van der Waals surface area contributed by atoms with E-state index >= 15 is 0 Å². The quantitative estimate of drug-likeness (QED) is 0.390. The molecule has 0 spiro atoms. The second kappa shape index (κ2) is 8.62. The highest BCUT2D eigenvalue weighted by atomic mass is 79.9. The minimum atomic E-state index is -0.609. The Bertz CT molecular complexity index is 1020. The largest absolute Gasteiger partial charge is 0.504 e. The van der Waals surface area contributed by atoms with E-state index in [1.807, 2.05) is 0 Å². The van der Waals surface area contributed by atoms with Gasteiger partial charge in [-0.2, -0.15) is 0 Å². The van der Waals surface area contributed by atoms with Gasteiger partial charge in [0.1, 0.15) is 11.3 Å². The summed E-state index contributed by atoms with van der Waals surface area (Å²) in [5.74, 6) is -0.361. The smallest absolute Gasteiger partial charge is 0.270 e. The predicted octanol–water partition coefficient (Wildman–Crippen LogP) is 3.39. The van der Waals surface area contributed by atoms with Gasteiger partial charge in [-0.15, -0.1) is 0 Å². The molecule has 1 aliphatic rings. The number of carbonyl (C=O) groups excluding carboxylic acids is 2. The first kappa shape index (κ1) is 20.8. The number of aromatic hydroxyl groups is 1. The van der Waals surface area contributed by atoms with Crippen LogP contribution in [0.2, 0.25) is 0 Å². The maximum Gasteiger partial charge on any atom is 0.270 e. The Hall–Kier alpha value is -2.91. The summed E-state index contributed by atoms with van der Waals surface area (Å²) < 4.78 is 11.0. The Morgan fingerprint density at radius 2 is 1.93 bits per heavy atom. The number of methoxy groups -OCH3 is 1. The third kappa shape index (κ3) is 4.25. The van der Waals surface area contributed by atoms with Crippen molar-refractivity contribution in [3.8, 4) is 17.2 Å². The molecule has 2 aromatic rings. The number of nitrogens with zero attached hydrogens (tertiary/aromatic N) is 1. The van der Waals surface area contributed by atoms with Crippen molar-refractivity contribution in [2.24, 2.45) is 0 Å². The minimum absolute atomic E-state index is 0.0120. The molecule has 7 nitrogen and oxygen atoms in total. The normalized spacial score (nSPS) is 15.5. The highest BCUT2D eigenvalue weighted by Crippen LogP contribution is 2.34. The summed E-state index contributed by atoms with van der Waals surface area (Å²) in [4.78, 5) is 26.8. The number of hydrogen-bond acceptors (Lipinski definition) is 6. The molecule has 1 saturated heterocycles. The molecule has 2 aromatic carbocycles. The lowest BCUT2D eigenvalue weighted by Crippen LogP contribution is -2.54. The molecule has 0 bridgehead atoms. The molecule has 29 heavy (non-hydrogen) atoms. The van der Waals surface area contributed by atoms with Crippen LogP contribution < -0.4 is 19.7 Å². The van der Waals surface area contributed by atoms with Crippen molar-refractivity contribution < 1.29 is 24.2 Å². The number of nitrogens with one attached hydrogen (secondary N) is 1. The van der Waals surface area contributed by atoms with Gasteiger partial charge >= 0.3 is 0 Å².